The Hall–Kier alpha value is -3.19. The van der Waals surface area contributed by atoms with Gasteiger partial charge in [0.1, 0.15) is 12.3 Å². The van der Waals surface area contributed by atoms with E-state index in [1.807, 2.05) is 25.1 Å². The summed E-state index contributed by atoms with van der Waals surface area (Å²) in [5, 5.41) is 4.54. The molecule has 1 amide bonds. The predicted octanol–water partition coefficient (Wildman–Crippen LogP) is 3.57. The first-order valence-corrected chi connectivity index (χ1v) is 9.20. The highest BCUT2D eigenvalue weighted by atomic mass is 32.1. The molecule has 2 heterocycles. The molecule has 0 spiro atoms. The number of thiazole rings is 1. The topological polar surface area (TPSA) is 73.2 Å². The summed E-state index contributed by atoms with van der Waals surface area (Å²) in [6, 6.07) is 13.0. The van der Waals surface area contributed by atoms with Gasteiger partial charge in [-0.2, -0.15) is 0 Å². The SMILES string of the molecule is COc1cccc2c(=O)n(CC(=O)Nc3nc4ccc(C)cc4s3)ccc12. The van der Waals surface area contributed by atoms with E-state index in [0.717, 1.165) is 21.2 Å². The van der Waals surface area contributed by atoms with E-state index in [9.17, 15) is 9.59 Å². The molecule has 0 unspecified atom stereocenters. The van der Waals surface area contributed by atoms with Gasteiger partial charge in [-0.05, 0) is 42.8 Å². The minimum atomic E-state index is -0.296. The molecule has 2 aromatic carbocycles. The summed E-state index contributed by atoms with van der Waals surface area (Å²) in [4.78, 5) is 29.5. The number of benzene rings is 2. The van der Waals surface area contributed by atoms with Crippen LogP contribution in [0.15, 0.2) is 53.5 Å². The molecule has 136 valence electrons. The van der Waals surface area contributed by atoms with Crippen molar-refractivity contribution in [1.82, 2.24) is 9.55 Å². The molecule has 0 aliphatic heterocycles. The molecular formula is C20H17N3O3S. The van der Waals surface area contributed by atoms with Gasteiger partial charge in [0, 0.05) is 11.6 Å². The number of carbonyl (C=O) groups is 1. The number of methoxy groups -OCH3 is 1. The Morgan fingerprint density at radius 2 is 2.07 bits per heavy atom. The van der Waals surface area contributed by atoms with Crippen LogP contribution >= 0.6 is 11.3 Å². The van der Waals surface area contributed by atoms with Crippen LogP contribution in [0.25, 0.3) is 21.0 Å². The maximum atomic E-state index is 12.7. The van der Waals surface area contributed by atoms with Crippen LogP contribution in [0, 0.1) is 6.92 Å². The van der Waals surface area contributed by atoms with E-state index in [-0.39, 0.29) is 18.0 Å². The van der Waals surface area contributed by atoms with Crippen molar-refractivity contribution >= 4 is 43.4 Å². The second-order valence-electron chi connectivity index (χ2n) is 6.21. The molecule has 27 heavy (non-hydrogen) atoms. The van der Waals surface area contributed by atoms with Crippen molar-refractivity contribution in [2.24, 2.45) is 0 Å². The van der Waals surface area contributed by atoms with Crippen LogP contribution in [0.1, 0.15) is 5.56 Å². The first-order valence-electron chi connectivity index (χ1n) is 8.38. The Morgan fingerprint density at radius 3 is 2.89 bits per heavy atom. The third-order valence-corrected chi connectivity index (χ3v) is 5.24. The molecule has 4 rings (SSSR count). The number of ether oxygens (including phenoxy) is 1. The number of hydrogen-bond donors (Lipinski definition) is 1. The minimum Gasteiger partial charge on any atom is -0.496 e. The average molecular weight is 379 g/mol. The van der Waals surface area contributed by atoms with E-state index in [1.54, 1.807) is 37.6 Å². The standard InChI is InChI=1S/C20H17N3O3S/c1-12-6-7-15-17(10-12)27-20(21-15)22-18(24)11-23-9-8-13-14(19(23)25)4-3-5-16(13)26-2/h3-10H,11H2,1-2H3,(H,21,22,24). The summed E-state index contributed by atoms with van der Waals surface area (Å²) in [6.45, 7) is 1.93. The first kappa shape index (κ1) is 17.2. The van der Waals surface area contributed by atoms with Gasteiger partial charge in [0.25, 0.3) is 5.56 Å². The van der Waals surface area contributed by atoms with Gasteiger partial charge in [-0.15, -0.1) is 0 Å². The highest BCUT2D eigenvalue weighted by molar-refractivity contribution is 7.22. The maximum absolute atomic E-state index is 12.7. The Balaban J connectivity index is 1.58. The van der Waals surface area contributed by atoms with Gasteiger partial charge in [0.2, 0.25) is 5.91 Å². The van der Waals surface area contributed by atoms with Gasteiger partial charge in [-0.1, -0.05) is 23.5 Å². The van der Waals surface area contributed by atoms with E-state index in [2.05, 4.69) is 10.3 Å². The lowest BCUT2D eigenvalue weighted by Crippen LogP contribution is -2.27. The van der Waals surface area contributed by atoms with Gasteiger partial charge >= 0.3 is 0 Å². The molecule has 0 saturated heterocycles. The molecule has 0 aliphatic carbocycles. The van der Waals surface area contributed by atoms with E-state index in [0.29, 0.717) is 16.3 Å². The molecule has 0 saturated carbocycles. The van der Waals surface area contributed by atoms with Gasteiger partial charge in [-0.3, -0.25) is 9.59 Å². The smallest absolute Gasteiger partial charge is 0.259 e. The zero-order valence-electron chi connectivity index (χ0n) is 14.9. The Morgan fingerprint density at radius 1 is 1.22 bits per heavy atom. The summed E-state index contributed by atoms with van der Waals surface area (Å²) in [5.41, 5.74) is 1.75. The van der Waals surface area contributed by atoms with Crippen molar-refractivity contribution in [3.05, 3.63) is 64.6 Å². The Bertz CT molecular complexity index is 1230. The molecule has 0 radical (unpaired) electrons. The van der Waals surface area contributed by atoms with Crippen molar-refractivity contribution in [3.63, 3.8) is 0 Å². The van der Waals surface area contributed by atoms with Crippen molar-refractivity contribution in [3.8, 4) is 5.75 Å². The maximum Gasteiger partial charge on any atom is 0.259 e. The molecule has 7 heteroatoms. The molecule has 6 nitrogen and oxygen atoms in total. The molecule has 0 aliphatic rings. The number of nitrogens with zero attached hydrogens (tertiary/aromatic N) is 2. The van der Waals surface area contributed by atoms with Gasteiger partial charge < -0.3 is 14.6 Å². The van der Waals surface area contributed by atoms with Crippen LogP contribution in [0.4, 0.5) is 5.13 Å². The normalized spacial score (nSPS) is 11.0. The molecule has 1 N–H and O–H groups in total. The van der Waals surface area contributed by atoms with E-state index < -0.39 is 0 Å². The molecule has 2 aromatic heterocycles. The van der Waals surface area contributed by atoms with E-state index in [1.165, 1.54) is 15.9 Å². The number of aryl methyl sites for hydroxylation is 1. The molecule has 0 atom stereocenters. The zero-order valence-corrected chi connectivity index (χ0v) is 15.7. The lowest BCUT2D eigenvalue weighted by Gasteiger charge is -2.09. The fourth-order valence-electron chi connectivity index (χ4n) is 2.99. The third kappa shape index (κ3) is 3.29. The monoisotopic (exact) mass is 379 g/mol. The summed E-state index contributed by atoms with van der Waals surface area (Å²) >= 11 is 1.42. The van der Waals surface area contributed by atoms with E-state index >= 15 is 0 Å². The summed E-state index contributed by atoms with van der Waals surface area (Å²) in [5.74, 6) is 0.334. The average Bonchev–Trinajstić information content (AvgIpc) is 3.04. The van der Waals surface area contributed by atoms with Crippen molar-refractivity contribution in [2.45, 2.75) is 13.5 Å². The number of fused-ring (bicyclic) bond motifs is 2. The van der Waals surface area contributed by atoms with Crippen molar-refractivity contribution in [2.75, 3.05) is 12.4 Å². The van der Waals surface area contributed by atoms with Crippen LogP contribution < -0.4 is 15.6 Å². The minimum absolute atomic E-state index is 0.0824. The fourth-order valence-corrected chi connectivity index (χ4v) is 3.97. The van der Waals surface area contributed by atoms with Crippen LogP contribution in [-0.4, -0.2) is 22.6 Å². The summed E-state index contributed by atoms with van der Waals surface area (Å²) in [6.07, 6.45) is 1.61. The Kier molecular flexibility index (Phi) is 4.37. The Labute approximate surface area is 159 Å². The number of aromatic nitrogens is 2. The largest absolute Gasteiger partial charge is 0.496 e. The molecule has 0 bridgehead atoms. The van der Waals surface area contributed by atoms with Crippen molar-refractivity contribution < 1.29 is 9.53 Å². The van der Waals surface area contributed by atoms with Crippen LogP contribution in [0.2, 0.25) is 0 Å². The van der Waals surface area contributed by atoms with Crippen LogP contribution in [0.3, 0.4) is 0 Å². The zero-order chi connectivity index (χ0) is 19.0. The lowest BCUT2D eigenvalue weighted by atomic mass is 10.1. The number of pyridine rings is 1. The first-order chi connectivity index (χ1) is 13.0. The van der Waals surface area contributed by atoms with E-state index in [4.69, 9.17) is 4.74 Å². The second kappa shape index (κ2) is 6.85. The second-order valence-corrected chi connectivity index (χ2v) is 7.24. The van der Waals surface area contributed by atoms with Crippen molar-refractivity contribution in [1.29, 1.82) is 0 Å². The molecule has 0 fully saturated rings. The number of anilines is 1. The molecule has 4 aromatic rings. The quantitative estimate of drug-likeness (QED) is 0.588. The van der Waals surface area contributed by atoms with Gasteiger partial charge in [0.05, 0.1) is 22.7 Å². The fraction of sp³-hybridized carbons (Fsp3) is 0.150. The number of rotatable bonds is 4. The highest BCUT2D eigenvalue weighted by Gasteiger charge is 2.12. The third-order valence-electron chi connectivity index (χ3n) is 4.30. The summed E-state index contributed by atoms with van der Waals surface area (Å²) < 4.78 is 7.68. The lowest BCUT2D eigenvalue weighted by molar-refractivity contribution is -0.116. The molecular weight excluding hydrogens is 362 g/mol. The number of amides is 1. The van der Waals surface area contributed by atoms with Gasteiger partial charge in [-0.25, -0.2) is 4.98 Å². The number of carbonyl (C=O) groups excluding carboxylic acids is 1. The number of hydrogen-bond acceptors (Lipinski definition) is 5. The highest BCUT2D eigenvalue weighted by Crippen LogP contribution is 2.26. The van der Waals surface area contributed by atoms with Crippen LogP contribution in [-0.2, 0) is 11.3 Å². The predicted molar refractivity (Wildman–Crippen MR) is 108 cm³/mol. The number of nitrogens with one attached hydrogen (secondary N) is 1. The summed E-state index contributed by atoms with van der Waals surface area (Å²) in [7, 11) is 1.56. The van der Waals surface area contributed by atoms with Crippen LogP contribution in [0.5, 0.6) is 5.75 Å². The van der Waals surface area contributed by atoms with Gasteiger partial charge in [0.15, 0.2) is 5.13 Å².